The third kappa shape index (κ3) is 5.56. The lowest BCUT2D eigenvalue weighted by atomic mass is 9.80. The Morgan fingerprint density at radius 2 is 1.86 bits per heavy atom. The highest BCUT2D eigenvalue weighted by Crippen LogP contribution is 2.27. The summed E-state index contributed by atoms with van der Waals surface area (Å²) in [6, 6.07) is 0. The van der Waals surface area contributed by atoms with Crippen molar-refractivity contribution in [3.8, 4) is 0 Å². The molecule has 0 rings (SSSR count). The standard InChI is InChI=1S/C10H20N2O2/c1-7(10(2,3)4)5-9(14)12-6-8(11)13/h7H,5-6H2,1-4H3,(H2,11,13)(H,12,14). The Morgan fingerprint density at radius 3 is 2.21 bits per heavy atom. The van der Waals surface area contributed by atoms with Crippen molar-refractivity contribution in [1.82, 2.24) is 5.32 Å². The smallest absolute Gasteiger partial charge is 0.236 e. The number of rotatable bonds is 4. The molecule has 0 aliphatic carbocycles. The molecule has 0 aliphatic heterocycles. The minimum Gasteiger partial charge on any atom is -0.368 e. The van der Waals surface area contributed by atoms with Gasteiger partial charge in [-0.1, -0.05) is 27.7 Å². The van der Waals surface area contributed by atoms with Gasteiger partial charge in [0.25, 0.3) is 0 Å². The van der Waals surface area contributed by atoms with Crippen LogP contribution in [0.3, 0.4) is 0 Å². The summed E-state index contributed by atoms with van der Waals surface area (Å²) < 4.78 is 0. The van der Waals surface area contributed by atoms with Gasteiger partial charge in [0.05, 0.1) is 6.54 Å². The van der Waals surface area contributed by atoms with E-state index in [0.717, 1.165) is 0 Å². The molecule has 4 heteroatoms. The molecule has 0 aliphatic rings. The first-order chi connectivity index (χ1) is 6.23. The minimum absolute atomic E-state index is 0.0737. The molecule has 0 saturated heterocycles. The Morgan fingerprint density at radius 1 is 1.36 bits per heavy atom. The van der Waals surface area contributed by atoms with Gasteiger partial charge in [-0.3, -0.25) is 9.59 Å². The van der Waals surface area contributed by atoms with Crippen molar-refractivity contribution in [2.24, 2.45) is 17.1 Å². The Hall–Kier alpha value is -1.06. The predicted molar refractivity (Wildman–Crippen MR) is 55.4 cm³/mol. The second-order valence-electron chi connectivity index (χ2n) is 4.71. The highest BCUT2D eigenvalue weighted by atomic mass is 16.2. The van der Waals surface area contributed by atoms with E-state index in [4.69, 9.17) is 5.73 Å². The van der Waals surface area contributed by atoms with E-state index in [2.05, 4.69) is 26.1 Å². The number of primary amides is 1. The molecule has 4 nitrogen and oxygen atoms in total. The fourth-order valence-electron chi connectivity index (χ4n) is 0.842. The first kappa shape index (κ1) is 12.9. The van der Waals surface area contributed by atoms with E-state index in [1.165, 1.54) is 0 Å². The van der Waals surface area contributed by atoms with Crippen LogP contribution in [-0.4, -0.2) is 18.4 Å². The summed E-state index contributed by atoms with van der Waals surface area (Å²) in [4.78, 5) is 21.7. The molecule has 2 amide bonds. The van der Waals surface area contributed by atoms with Crippen molar-refractivity contribution < 1.29 is 9.59 Å². The predicted octanol–water partition coefficient (Wildman–Crippen LogP) is 0.660. The quantitative estimate of drug-likeness (QED) is 0.699. The molecule has 0 fully saturated rings. The number of nitrogens with one attached hydrogen (secondary N) is 1. The van der Waals surface area contributed by atoms with Crippen LogP contribution in [0.1, 0.15) is 34.1 Å². The van der Waals surface area contributed by atoms with Crippen molar-refractivity contribution in [3.63, 3.8) is 0 Å². The zero-order valence-electron chi connectivity index (χ0n) is 9.39. The van der Waals surface area contributed by atoms with Gasteiger partial charge in [0.1, 0.15) is 0 Å². The summed E-state index contributed by atoms with van der Waals surface area (Å²) in [6.07, 6.45) is 0.427. The highest BCUT2D eigenvalue weighted by molar-refractivity contribution is 5.83. The largest absolute Gasteiger partial charge is 0.368 e. The van der Waals surface area contributed by atoms with Gasteiger partial charge in [-0.15, -0.1) is 0 Å². The molecule has 3 N–H and O–H groups in total. The molecule has 0 spiro atoms. The molecule has 1 atom stereocenters. The lowest BCUT2D eigenvalue weighted by Gasteiger charge is -2.26. The third-order valence-electron chi connectivity index (χ3n) is 2.43. The Balaban J connectivity index is 3.89. The van der Waals surface area contributed by atoms with E-state index < -0.39 is 5.91 Å². The van der Waals surface area contributed by atoms with Crippen LogP contribution in [0, 0.1) is 11.3 Å². The van der Waals surface area contributed by atoms with Crippen molar-refractivity contribution in [2.45, 2.75) is 34.1 Å². The van der Waals surface area contributed by atoms with Gasteiger partial charge in [-0.25, -0.2) is 0 Å². The normalized spacial score (nSPS) is 13.4. The van der Waals surface area contributed by atoms with Gasteiger partial charge >= 0.3 is 0 Å². The van der Waals surface area contributed by atoms with E-state index in [0.29, 0.717) is 6.42 Å². The summed E-state index contributed by atoms with van der Waals surface area (Å²) in [7, 11) is 0. The molecular formula is C10H20N2O2. The van der Waals surface area contributed by atoms with Crippen LogP contribution in [0.25, 0.3) is 0 Å². The Kier molecular flexibility index (Phi) is 4.60. The number of hydrogen-bond acceptors (Lipinski definition) is 2. The second kappa shape index (κ2) is 4.98. The first-order valence-electron chi connectivity index (χ1n) is 4.78. The van der Waals surface area contributed by atoms with Crippen LogP contribution >= 0.6 is 0 Å². The fourth-order valence-corrected chi connectivity index (χ4v) is 0.842. The molecule has 0 bridgehead atoms. The summed E-state index contributed by atoms with van der Waals surface area (Å²) in [5, 5.41) is 2.47. The number of amides is 2. The summed E-state index contributed by atoms with van der Waals surface area (Å²) in [5.41, 5.74) is 5.00. The topological polar surface area (TPSA) is 72.2 Å². The Labute approximate surface area is 85.2 Å². The lowest BCUT2D eigenvalue weighted by Crippen LogP contribution is -2.35. The average Bonchev–Trinajstić information content (AvgIpc) is 1.99. The average molecular weight is 200 g/mol. The molecule has 0 radical (unpaired) electrons. The Bertz CT molecular complexity index is 219. The van der Waals surface area contributed by atoms with Crippen LogP contribution in [0.5, 0.6) is 0 Å². The zero-order chi connectivity index (χ0) is 11.4. The van der Waals surface area contributed by atoms with E-state index in [9.17, 15) is 9.59 Å². The van der Waals surface area contributed by atoms with Gasteiger partial charge < -0.3 is 11.1 Å². The van der Waals surface area contributed by atoms with Crippen molar-refractivity contribution in [2.75, 3.05) is 6.54 Å². The molecule has 1 unspecified atom stereocenters. The van der Waals surface area contributed by atoms with Gasteiger partial charge in [0.15, 0.2) is 0 Å². The maximum atomic E-state index is 11.3. The van der Waals surface area contributed by atoms with Crippen molar-refractivity contribution in [3.05, 3.63) is 0 Å². The number of nitrogens with two attached hydrogens (primary N) is 1. The van der Waals surface area contributed by atoms with Gasteiger partial charge in [-0.2, -0.15) is 0 Å². The van der Waals surface area contributed by atoms with E-state index in [-0.39, 0.29) is 23.8 Å². The summed E-state index contributed by atoms with van der Waals surface area (Å²) in [5.74, 6) is -0.358. The SMILES string of the molecule is CC(CC(=O)NCC(N)=O)C(C)(C)C. The number of carbonyl (C=O) groups is 2. The van der Waals surface area contributed by atoms with Crippen LogP contribution in [0.15, 0.2) is 0 Å². The third-order valence-corrected chi connectivity index (χ3v) is 2.43. The molecule has 82 valence electrons. The van der Waals surface area contributed by atoms with Crippen LogP contribution in [0.4, 0.5) is 0 Å². The maximum absolute atomic E-state index is 11.3. The number of hydrogen-bond donors (Lipinski definition) is 2. The summed E-state index contributed by atoms with van der Waals surface area (Å²) >= 11 is 0. The van der Waals surface area contributed by atoms with Crippen LogP contribution < -0.4 is 11.1 Å². The molecule has 0 heterocycles. The highest BCUT2D eigenvalue weighted by Gasteiger charge is 2.22. The second-order valence-corrected chi connectivity index (χ2v) is 4.71. The molecule has 0 aromatic heterocycles. The zero-order valence-corrected chi connectivity index (χ0v) is 9.39. The molecular weight excluding hydrogens is 180 g/mol. The van der Waals surface area contributed by atoms with E-state index >= 15 is 0 Å². The lowest BCUT2D eigenvalue weighted by molar-refractivity contribution is -0.125. The molecule has 0 aromatic carbocycles. The molecule has 0 aromatic rings. The molecule has 14 heavy (non-hydrogen) atoms. The fraction of sp³-hybridized carbons (Fsp3) is 0.800. The maximum Gasteiger partial charge on any atom is 0.236 e. The summed E-state index contributed by atoms with van der Waals surface area (Å²) in [6.45, 7) is 8.19. The van der Waals surface area contributed by atoms with Crippen molar-refractivity contribution in [1.29, 1.82) is 0 Å². The first-order valence-corrected chi connectivity index (χ1v) is 4.78. The monoisotopic (exact) mass is 200 g/mol. The van der Waals surface area contributed by atoms with E-state index in [1.807, 2.05) is 6.92 Å². The van der Waals surface area contributed by atoms with Crippen LogP contribution in [0.2, 0.25) is 0 Å². The van der Waals surface area contributed by atoms with Gasteiger partial charge in [0.2, 0.25) is 11.8 Å². The van der Waals surface area contributed by atoms with Gasteiger partial charge in [0, 0.05) is 6.42 Å². The number of carbonyl (C=O) groups excluding carboxylic acids is 2. The minimum atomic E-state index is -0.512. The molecule has 0 saturated carbocycles. The van der Waals surface area contributed by atoms with E-state index in [1.54, 1.807) is 0 Å². The van der Waals surface area contributed by atoms with Crippen molar-refractivity contribution >= 4 is 11.8 Å². The van der Waals surface area contributed by atoms with Crippen LogP contribution in [-0.2, 0) is 9.59 Å². The van der Waals surface area contributed by atoms with Gasteiger partial charge in [-0.05, 0) is 11.3 Å².